The highest BCUT2D eigenvalue weighted by Gasteiger charge is 2.28. The average Bonchev–Trinajstić information content (AvgIpc) is 3.45. The fourth-order valence-corrected chi connectivity index (χ4v) is 4.45. The van der Waals surface area contributed by atoms with Gasteiger partial charge in [-0.3, -0.25) is 4.79 Å². The van der Waals surface area contributed by atoms with Gasteiger partial charge >= 0.3 is 0 Å². The summed E-state index contributed by atoms with van der Waals surface area (Å²) in [4.78, 5) is 12.6. The molecule has 27 heavy (non-hydrogen) atoms. The quantitative estimate of drug-likeness (QED) is 0.673. The molecule has 1 atom stereocenters. The van der Waals surface area contributed by atoms with Crippen molar-refractivity contribution in [3.8, 4) is 5.75 Å². The van der Waals surface area contributed by atoms with Crippen LogP contribution in [0.5, 0.6) is 5.75 Å². The molecule has 1 unspecified atom stereocenters. The molecule has 2 aromatic rings. The number of benzene rings is 2. The molecule has 144 valence electrons. The van der Waals surface area contributed by atoms with Crippen LogP contribution in [0.15, 0.2) is 51.8 Å². The number of sulfonamides is 1. The fraction of sp³-hybridized carbons (Fsp3) is 0.316. The van der Waals surface area contributed by atoms with E-state index < -0.39 is 10.0 Å². The molecule has 0 spiro atoms. The highest BCUT2D eigenvalue weighted by Crippen LogP contribution is 2.28. The number of methoxy groups -OCH3 is 1. The third kappa shape index (κ3) is 4.88. The Morgan fingerprint density at radius 2 is 1.85 bits per heavy atom. The van der Waals surface area contributed by atoms with Crippen molar-refractivity contribution in [3.05, 3.63) is 58.1 Å². The third-order valence-corrected chi connectivity index (χ3v) is 6.51. The summed E-state index contributed by atoms with van der Waals surface area (Å²) in [6.45, 7) is 1.88. The summed E-state index contributed by atoms with van der Waals surface area (Å²) in [7, 11) is -1.92. The Labute approximate surface area is 167 Å². The lowest BCUT2D eigenvalue weighted by atomic mass is 10.1. The molecule has 3 rings (SSSR count). The number of nitrogens with one attached hydrogen (secondary N) is 2. The lowest BCUT2D eigenvalue weighted by Gasteiger charge is -2.16. The average molecular weight is 453 g/mol. The maximum Gasteiger partial charge on any atom is 0.251 e. The number of halogens is 1. The van der Waals surface area contributed by atoms with Crippen molar-refractivity contribution in [1.82, 2.24) is 10.0 Å². The van der Waals surface area contributed by atoms with Crippen molar-refractivity contribution >= 4 is 31.9 Å². The van der Waals surface area contributed by atoms with Crippen molar-refractivity contribution in [1.29, 1.82) is 0 Å². The first-order chi connectivity index (χ1) is 12.8. The van der Waals surface area contributed by atoms with Crippen LogP contribution >= 0.6 is 15.9 Å². The second-order valence-electron chi connectivity index (χ2n) is 6.51. The van der Waals surface area contributed by atoms with Crippen molar-refractivity contribution in [2.45, 2.75) is 36.7 Å². The van der Waals surface area contributed by atoms with Crippen molar-refractivity contribution < 1.29 is 17.9 Å². The normalized spacial score (nSPS) is 15.2. The minimum Gasteiger partial charge on any atom is -0.496 e. The van der Waals surface area contributed by atoms with Gasteiger partial charge < -0.3 is 10.1 Å². The van der Waals surface area contributed by atoms with E-state index >= 15 is 0 Å². The highest BCUT2D eigenvalue weighted by atomic mass is 79.9. The fourth-order valence-electron chi connectivity index (χ4n) is 2.59. The monoisotopic (exact) mass is 452 g/mol. The van der Waals surface area contributed by atoms with Gasteiger partial charge in [0.05, 0.1) is 22.5 Å². The topological polar surface area (TPSA) is 84.5 Å². The van der Waals surface area contributed by atoms with Gasteiger partial charge in [0.25, 0.3) is 5.91 Å². The zero-order valence-electron chi connectivity index (χ0n) is 15.0. The van der Waals surface area contributed by atoms with Crippen LogP contribution in [0.25, 0.3) is 0 Å². The van der Waals surface area contributed by atoms with E-state index in [9.17, 15) is 13.2 Å². The van der Waals surface area contributed by atoms with Gasteiger partial charge in [-0.25, -0.2) is 13.1 Å². The zero-order chi connectivity index (χ0) is 19.6. The Morgan fingerprint density at radius 1 is 1.19 bits per heavy atom. The van der Waals surface area contributed by atoms with Crippen LogP contribution in [0.1, 0.15) is 41.7 Å². The number of hydrogen-bond acceptors (Lipinski definition) is 4. The Bertz CT molecular complexity index is 941. The van der Waals surface area contributed by atoms with Gasteiger partial charge in [0.2, 0.25) is 10.0 Å². The first-order valence-electron chi connectivity index (χ1n) is 8.57. The molecule has 1 aliphatic rings. The number of amides is 1. The van der Waals surface area contributed by atoms with Crippen LogP contribution in [0, 0.1) is 0 Å². The summed E-state index contributed by atoms with van der Waals surface area (Å²) in [5, 5.41) is 2.91. The van der Waals surface area contributed by atoms with Crippen LogP contribution in [0.3, 0.4) is 0 Å². The van der Waals surface area contributed by atoms with E-state index in [1.807, 2.05) is 25.1 Å². The van der Waals surface area contributed by atoms with Gasteiger partial charge in [-0.2, -0.15) is 0 Å². The van der Waals surface area contributed by atoms with Gasteiger partial charge in [0, 0.05) is 11.6 Å². The lowest BCUT2D eigenvalue weighted by Crippen LogP contribution is -2.27. The molecule has 0 aliphatic heterocycles. The summed E-state index contributed by atoms with van der Waals surface area (Å²) in [5.41, 5.74) is 1.32. The Balaban J connectivity index is 1.67. The molecule has 0 radical (unpaired) electrons. The largest absolute Gasteiger partial charge is 0.496 e. The zero-order valence-corrected chi connectivity index (χ0v) is 17.4. The van der Waals surface area contributed by atoms with Gasteiger partial charge in [-0.1, -0.05) is 6.07 Å². The van der Waals surface area contributed by atoms with Crippen LogP contribution in [0.4, 0.5) is 0 Å². The van der Waals surface area contributed by atoms with E-state index in [2.05, 4.69) is 26.0 Å². The predicted molar refractivity (Wildman–Crippen MR) is 106 cm³/mol. The van der Waals surface area contributed by atoms with E-state index in [0.717, 1.165) is 22.9 Å². The number of rotatable bonds is 7. The number of ether oxygens (including phenoxy) is 1. The van der Waals surface area contributed by atoms with Gasteiger partial charge in [0.1, 0.15) is 5.75 Å². The van der Waals surface area contributed by atoms with E-state index in [-0.39, 0.29) is 22.9 Å². The summed E-state index contributed by atoms with van der Waals surface area (Å²) in [6, 6.07) is 11.4. The molecule has 0 saturated heterocycles. The first kappa shape index (κ1) is 19.9. The minimum atomic E-state index is -3.52. The Hall–Kier alpha value is -1.90. The molecule has 1 aliphatic carbocycles. The van der Waals surface area contributed by atoms with Crippen LogP contribution in [-0.2, 0) is 10.0 Å². The second kappa shape index (κ2) is 8.00. The second-order valence-corrected chi connectivity index (χ2v) is 9.08. The number of carbonyl (C=O) groups is 1. The van der Waals surface area contributed by atoms with E-state index in [4.69, 9.17) is 4.74 Å². The highest BCUT2D eigenvalue weighted by molar-refractivity contribution is 9.10. The molecular weight excluding hydrogens is 432 g/mol. The summed E-state index contributed by atoms with van der Waals surface area (Å²) in [5.74, 6) is 0.447. The van der Waals surface area contributed by atoms with Crippen LogP contribution < -0.4 is 14.8 Å². The smallest absolute Gasteiger partial charge is 0.251 e. The minimum absolute atomic E-state index is 0.0441. The van der Waals surface area contributed by atoms with Crippen molar-refractivity contribution in [3.63, 3.8) is 0 Å². The molecule has 2 aromatic carbocycles. The molecule has 8 heteroatoms. The van der Waals surface area contributed by atoms with Gasteiger partial charge in [-0.05, 0) is 77.7 Å². The molecule has 6 nitrogen and oxygen atoms in total. The molecule has 1 fully saturated rings. The van der Waals surface area contributed by atoms with Crippen LogP contribution in [0.2, 0.25) is 0 Å². The molecule has 0 bridgehead atoms. The Morgan fingerprint density at radius 3 is 2.41 bits per heavy atom. The maximum absolute atomic E-state index is 12.5. The first-order valence-corrected chi connectivity index (χ1v) is 10.8. The summed E-state index contributed by atoms with van der Waals surface area (Å²) < 4.78 is 33.0. The van der Waals surface area contributed by atoms with Crippen molar-refractivity contribution in [2.24, 2.45) is 0 Å². The molecule has 1 amide bonds. The predicted octanol–water partition coefficient (Wildman–Crippen LogP) is 3.39. The number of hydrogen-bond donors (Lipinski definition) is 2. The van der Waals surface area contributed by atoms with E-state index in [0.29, 0.717) is 11.3 Å². The lowest BCUT2D eigenvalue weighted by molar-refractivity contribution is 0.0940. The van der Waals surface area contributed by atoms with Crippen LogP contribution in [-0.4, -0.2) is 27.5 Å². The molecule has 1 saturated carbocycles. The third-order valence-electron chi connectivity index (χ3n) is 4.35. The SMILES string of the molecule is COc1ccc(C(C)NC(=O)c2ccc(S(=O)(=O)NC3CC3)cc2)cc1Br. The molecule has 0 aromatic heterocycles. The summed E-state index contributed by atoms with van der Waals surface area (Å²) >= 11 is 3.43. The van der Waals surface area contributed by atoms with E-state index in [1.165, 1.54) is 24.3 Å². The van der Waals surface area contributed by atoms with Crippen molar-refractivity contribution in [2.75, 3.05) is 7.11 Å². The molecular formula is C19H21BrN2O4S. The standard InChI is InChI=1S/C19H21BrN2O4S/c1-12(14-5-10-18(26-2)17(20)11-14)21-19(23)13-3-8-16(9-4-13)27(24,25)22-15-6-7-15/h3-5,8-12,15,22H,6-7H2,1-2H3,(H,21,23). The maximum atomic E-state index is 12.5. The summed E-state index contributed by atoms with van der Waals surface area (Å²) in [6.07, 6.45) is 1.75. The Kier molecular flexibility index (Phi) is 5.88. The van der Waals surface area contributed by atoms with Gasteiger partial charge in [-0.15, -0.1) is 0 Å². The molecule has 2 N–H and O–H groups in total. The molecule has 0 heterocycles. The van der Waals surface area contributed by atoms with Gasteiger partial charge in [0.15, 0.2) is 0 Å². The van der Waals surface area contributed by atoms with E-state index in [1.54, 1.807) is 7.11 Å². The number of carbonyl (C=O) groups excluding carboxylic acids is 1.